The summed E-state index contributed by atoms with van der Waals surface area (Å²) in [7, 11) is 0. The largest absolute Gasteiger partial charge is 0.379 e. The first kappa shape index (κ1) is 15.9. The minimum Gasteiger partial charge on any atom is -0.379 e. The third-order valence-electron chi connectivity index (χ3n) is 4.57. The van der Waals surface area contributed by atoms with E-state index in [0.717, 1.165) is 38.4 Å². The Bertz CT molecular complexity index is 969. The summed E-state index contributed by atoms with van der Waals surface area (Å²) < 4.78 is 7.14. The molecule has 0 radical (unpaired) electrons. The summed E-state index contributed by atoms with van der Waals surface area (Å²) in [6.45, 7) is 4.70. The molecule has 1 aliphatic rings. The molecule has 7 heteroatoms. The maximum Gasteiger partial charge on any atom is 0.272 e. The number of morpholine rings is 1. The van der Waals surface area contributed by atoms with Gasteiger partial charge in [0.05, 0.1) is 24.2 Å². The van der Waals surface area contributed by atoms with E-state index < -0.39 is 0 Å². The first-order chi connectivity index (χ1) is 12.2. The van der Waals surface area contributed by atoms with Gasteiger partial charge < -0.3 is 19.4 Å². The molecule has 1 fully saturated rings. The minimum absolute atomic E-state index is 0.136. The van der Waals surface area contributed by atoms with Gasteiger partial charge in [-0.1, -0.05) is 0 Å². The second-order valence-corrected chi connectivity index (χ2v) is 6.16. The highest BCUT2D eigenvalue weighted by Crippen LogP contribution is 2.15. The van der Waals surface area contributed by atoms with E-state index in [1.165, 1.54) is 0 Å². The lowest BCUT2D eigenvalue weighted by Gasteiger charge is -2.26. The Labute approximate surface area is 144 Å². The molecule has 1 saturated heterocycles. The topological polar surface area (TPSA) is 78.8 Å². The summed E-state index contributed by atoms with van der Waals surface area (Å²) in [6, 6.07) is 8.96. The number of ether oxygens (including phenoxy) is 1. The molecule has 0 spiro atoms. The van der Waals surface area contributed by atoms with Crippen LogP contribution < -0.4 is 10.9 Å². The molecule has 1 amide bonds. The first-order valence-corrected chi connectivity index (χ1v) is 8.44. The third kappa shape index (κ3) is 3.16. The SMILES string of the molecule is O=C(NCCN1CCOCC1)c1ccc2c(c1)[nH]c(=O)c1cccn12. The molecule has 2 aromatic heterocycles. The van der Waals surface area contributed by atoms with E-state index in [1.807, 2.05) is 22.7 Å². The van der Waals surface area contributed by atoms with Crippen LogP contribution in [0, 0.1) is 0 Å². The molecule has 7 nitrogen and oxygen atoms in total. The summed E-state index contributed by atoms with van der Waals surface area (Å²) in [4.78, 5) is 29.6. The van der Waals surface area contributed by atoms with Gasteiger partial charge in [-0.25, -0.2) is 0 Å². The third-order valence-corrected chi connectivity index (χ3v) is 4.57. The van der Waals surface area contributed by atoms with E-state index in [0.29, 0.717) is 23.1 Å². The van der Waals surface area contributed by atoms with Crippen molar-refractivity contribution in [2.24, 2.45) is 0 Å². The number of rotatable bonds is 4. The van der Waals surface area contributed by atoms with Crippen LogP contribution in [0.4, 0.5) is 0 Å². The Balaban J connectivity index is 1.49. The van der Waals surface area contributed by atoms with E-state index >= 15 is 0 Å². The Morgan fingerprint density at radius 2 is 2.04 bits per heavy atom. The zero-order valence-corrected chi connectivity index (χ0v) is 13.8. The van der Waals surface area contributed by atoms with Crippen LogP contribution in [0.25, 0.3) is 16.6 Å². The van der Waals surface area contributed by atoms with Gasteiger partial charge in [0, 0.05) is 37.9 Å². The maximum atomic E-state index is 12.4. The first-order valence-electron chi connectivity index (χ1n) is 8.44. The van der Waals surface area contributed by atoms with Gasteiger partial charge in [-0.3, -0.25) is 14.5 Å². The molecule has 0 unspecified atom stereocenters. The van der Waals surface area contributed by atoms with Gasteiger partial charge in [0.25, 0.3) is 11.5 Å². The van der Waals surface area contributed by atoms with Crippen molar-refractivity contribution < 1.29 is 9.53 Å². The van der Waals surface area contributed by atoms with E-state index in [9.17, 15) is 9.59 Å². The molecule has 1 aromatic carbocycles. The molecular formula is C18H20N4O3. The van der Waals surface area contributed by atoms with Crippen molar-refractivity contribution in [3.63, 3.8) is 0 Å². The number of hydrogen-bond acceptors (Lipinski definition) is 4. The summed E-state index contributed by atoms with van der Waals surface area (Å²) in [5.41, 5.74) is 2.48. The van der Waals surface area contributed by atoms with Crippen molar-refractivity contribution in [3.8, 4) is 0 Å². The Kier molecular flexibility index (Phi) is 4.25. The monoisotopic (exact) mass is 340 g/mol. The molecular weight excluding hydrogens is 320 g/mol. The number of benzene rings is 1. The van der Waals surface area contributed by atoms with Crippen LogP contribution in [0.2, 0.25) is 0 Å². The van der Waals surface area contributed by atoms with Crippen molar-refractivity contribution in [2.75, 3.05) is 39.4 Å². The Morgan fingerprint density at radius 3 is 2.88 bits per heavy atom. The molecule has 130 valence electrons. The number of amides is 1. The molecule has 0 aliphatic carbocycles. The zero-order valence-electron chi connectivity index (χ0n) is 13.8. The predicted molar refractivity (Wildman–Crippen MR) is 95.1 cm³/mol. The van der Waals surface area contributed by atoms with Crippen LogP contribution in [-0.4, -0.2) is 59.6 Å². The Hall–Kier alpha value is -2.64. The van der Waals surface area contributed by atoms with Gasteiger partial charge in [0.2, 0.25) is 0 Å². The minimum atomic E-state index is -0.164. The van der Waals surface area contributed by atoms with E-state index in [4.69, 9.17) is 4.74 Å². The smallest absolute Gasteiger partial charge is 0.272 e. The fourth-order valence-corrected chi connectivity index (χ4v) is 3.20. The normalized spacial score (nSPS) is 15.7. The average molecular weight is 340 g/mol. The van der Waals surface area contributed by atoms with Crippen molar-refractivity contribution in [1.82, 2.24) is 19.6 Å². The van der Waals surface area contributed by atoms with E-state index in [-0.39, 0.29) is 11.5 Å². The number of fused-ring (bicyclic) bond motifs is 3. The molecule has 1 aliphatic heterocycles. The van der Waals surface area contributed by atoms with Gasteiger partial charge in [-0.15, -0.1) is 0 Å². The van der Waals surface area contributed by atoms with Gasteiger partial charge >= 0.3 is 0 Å². The average Bonchev–Trinajstić information content (AvgIpc) is 3.13. The van der Waals surface area contributed by atoms with Crippen LogP contribution in [0.1, 0.15) is 10.4 Å². The summed E-state index contributed by atoms with van der Waals surface area (Å²) in [5.74, 6) is -0.136. The van der Waals surface area contributed by atoms with Crippen molar-refractivity contribution in [2.45, 2.75) is 0 Å². The number of carbonyl (C=O) groups excluding carboxylic acids is 1. The number of nitrogens with one attached hydrogen (secondary N) is 2. The molecule has 0 bridgehead atoms. The van der Waals surface area contributed by atoms with E-state index in [2.05, 4.69) is 15.2 Å². The molecule has 3 heterocycles. The maximum absolute atomic E-state index is 12.4. The molecule has 25 heavy (non-hydrogen) atoms. The van der Waals surface area contributed by atoms with Crippen LogP contribution in [-0.2, 0) is 4.74 Å². The lowest BCUT2D eigenvalue weighted by Crippen LogP contribution is -2.41. The van der Waals surface area contributed by atoms with Gasteiger partial charge in [-0.05, 0) is 30.3 Å². The number of carbonyl (C=O) groups is 1. The predicted octanol–water partition coefficient (Wildman–Crippen LogP) is 0.843. The lowest BCUT2D eigenvalue weighted by atomic mass is 10.1. The number of hydrogen-bond donors (Lipinski definition) is 2. The van der Waals surface area contributed by atoms with Crippen molar-refractivity contribution >= 4 is 22.5 Å². The molecule has 0 atom stereocenters. The standard InChI is InChI=1S/C18H20N4O3/c23-17(19-5-7-21-8-10-25-11-9-21)13-3-4-15-14(12-13)20-18(24)16-2-1-6-22(15)16/h1-4,6,12H,5,7-11H2,(H,19,23)(H,20,24). The molecule has 2 N–H and O–H groups in total. The highest BCUT2D eigenvalue weighted by molar-refractivity contribution is 5.97. The van der Waals surface area contributed by atoms with Crippen LogP contribution in [0.3, 0.4) is 0 Å². The van der Waals surface area contributed by atoms with Crippen LogP contribution in [0.5, 0.6) is 0 Å². The summed E-state index contributed by atoms with van der Waals surface area (Å²) in [5, 5.41) is 2.94. The quantitative estimate of drug-likeness (QED) is 0.738. The van der Waals surface area contributed by atoms with Gasteiger partial charge in [0.1, 0.15) is 5.52 Å². The number of aromatic nitrogens is 2. The van der Waals surface area contributed by atoms with Crippen molar-refractivity contribution in [1.29, 1.82) is 0 Å². The molecule has 0 saturated carbocycles. The Morgan fingerprint density at radius 1 is 1.20 bits per heavy atom. The van der Waals surface area contributed by atoms with E-state index in [1.54, 1.807) is 18.2 Å². The fourth-order valence-electron chi connectivity index (χ4n) is 3.20. The summed E-state index contributed by atoms with van der Waals surface area (Å²) in [6.07, 6.45) is 1.84. The van der Waals surface area contributed by atoms with Gasteiger partial charge in [-0.2, -0.15) is 0 Å². The fraction of sp³-hybridized carbons (Fsp3) is 0.333. The second-order valence-electron chi connectivity index (χ2n) is 6.16. The molecule has 3 aromatic rings. The van der Waals surface area contributed by atoms with Crippen molar-refractivity contribution in [3.05, 3.63) is 52.4 Å². The summed E-state index contributed by atoms with van der Waals surface area (Å²) >= 11 is 0. The second kappa shape index (κ2) is 6.70. The molecule has 4 rings (SSSR count). The number of aromatic amines is 1. The highest BCUT2D eigenvalue weighted by atomic mass is 16.5. The zero-order chi connectivity index (χ0) is 17.2. The number of H-pyrrole nitrogens is 1. The van der Waals surface area contributed by atoms with Gasteiger partial charge in [0.15, 0.2) is 0 Å². The van der Waals surface area contributed by atoms with Crippen LogP contribution >= 0.6 is 0 Å². The van der Waals surface area contributed by atoms with Crippen LogP contribution in [0.15, 0.2) is 41.3 Å². The highest BCUT2D eigenvalue weighted by Gasteiger charge is 2.12. The lowest BCUT2D eigenvalue weighted by molar-refractivity contribution is 0.0383. The number of nitrogens with zero attached hydrogens (tertiary/aromatic N) is 2.